The van der Waals surface area contributed by atoms with Crippen molar-refractivity contribution in [1.82, 2.24) is 0 Å². The van der Waals surface area contributed by atoms with Crippen molar-refractivity contribution in [1.29, 1.82) is 0 Å². The van der Waals surface area contributed by atoms with Gasteiger partial charge in [-0.25, -0.2) is 4.79 Å². The molecule has 0 radical (unpaired) electrons. The fraction of sp³-hybridized carbons (Fsp3) is 0.235. The Labute approximate surface area is 123 Å². The van der Waals surface area contributed by atoms with Crippen molar-refractivity contribution < 1.29 is 9.90 Å². The van der Waals surface area contributed by atoms with Gasteiger partial charge in [0.1, 0.15) is 0 Å². The summed E-state index contributed by atoms with van der Waals surface area (Å²) in [4.78, 5) is 13.3. The maximum absolute atomic E-state index is 11.0. The molecule has 0 amide bonds. The van der Waals surface area contributed by atoms with E-state index in [0.717, 1.165) is 23.3 Å². The number of hydrogen-bond donors (Lipinski definition) is 1. The van der Waals surface area contributed by atoms with E-state index in [4.69, 9.17) is 5.11 Å². The van der Waals surface area contributed by atoms with Crippen molar-refractivity contribution in [2.45, 2.75) is 36.5 Å². The van der Waals surface area contributed by atoms with Gasteiger partial charge in [0.25, 0.3) is 0 Å². The molecule has 0 unspecified atom stereocenters. The van der Waals surface area contributed by atoms with Gasteiger partial charge in [-0.3, -0.25) is 0 Å². The van der Waals surface area contributed by atoms with E-state index in [9.17, 15) is 4.79 Å². The third-order valence-electron chi connectivity index (χ3n) is 3.25. The first-order valence-corrected chi connectivity index (χ1v) is 7.58. The van der Waals surface area contributed by atoms with Crippen LogP contribution in [0.15, 0.2) is 52.3 Å². The van der Waals surface area contributed by atoms with Crippen LogP contribution in [-0.2, 0) is 12.8 Å². The molecule has 0 bridgehead atoms. The minimum atomic E-state index is -0.872. The second-order valence-electron chi connectivity index (χ2n) is 4.58. The zero-order chi connectivity index (χ0) is 14.5. The minimum absolute atomic E-state index is 0.354. The van der Waals surface area contributed by atoms with Crippen LogP contribution in [0.1, 0.15) is 35.3 Å². The van der Waals surface area contributed by atoms with Gasteiger partial charge in [0, 0.05) is 9.79 Å². The molecule has 0 fully saturated rings. The highest BCUT2D eigenvalue weighted by Crippen LogP contribution is 2.31. The molecule has 2 aromatic rings. The lowest BCUT2D eigenvalue weighted by atomic mass is 10.1. The predicted molar refractivity (Wildman–Crippen MR) is 82.7 cm³/mol. The molecule has 104 valence electrons. The number of carboxylic acid groups (broad SMARTS) is 1. The molecule has 2 rings (SSSR count). The van der Waals surface area contributed by atoms with Crippen LogP contribution in [0.25, 0.3) is 0 Å². The smallest absolute Gasteiger partial charge is 0.335 e. The Bertz CT molecular complexity index is 603. The van der Waals surface area contributed by atoms with E-state index in [1.165, 1.54) is 10.5 Å². The second-order valence-corrected chi connectivity index (χ2v) is 5.70. The summed E-state index contributed by atoms with van der Waals surface area (Å²) in [5, 5.41) is 9.04. The number of hydrogen-bond acceptors (Lipinski definition) is 2. The zero-order valence-electron chi connectivity index (χ0n) is 11.7. The number of aryl methyl sites for hydroxylation is 2. The fourth-order valence-corrected chi connectivity index (χ4v) is 3.01. The molecule has 2 aromatic carbocycles. The van der Waals surface area contributed by atoms with Crippen LogP contribution < -0.4 is 0 Å². The lowest BCUT2D eigenvalue weighted by Crippen LogP contribution is -1.98. The van der Waals surface area contributed by atoms with Gasteiger partial charge in [0.2, 0.25) is 0 Å². The number of benzene rings is 2. The van der Waals surface area contributed by atoms with Gasteiger partial charge in [-0.1, -0.05) is 37.7 Å². The highest BCUT2D eigenvalue weighted by molar-refractivity contribution is 7.99. The Hall–Kier alpha value is -1.74. The summed E-state index contributed by atoms with van der Waals surface area (Å²) < 4.78 is 0. The van der Waals surface area contributed by atoms with Gasteiger partial charge >= 0.3 is 5.97 Å². The van der Waals surface area contributed by atoms with Crippen molar-refractivity contribution >= 4 is 17.7 Å². The largest absolute Gasteiger partial charge is 0.478 e. The van der Waals surface area contributed by atoms with Crippen molar-refractivity contribution in [2.24, 2.45) is 0 Å². The maximum atomic E-state index is 11.0. The van der Waals surface area contributed by atoms with Crippen molar-refractivity contribution in [3.05, 3.63) is 59.2 Å². The molecule has 3 heteroatoms. The Morgan fingerprint density at radius 2 is 1.75 bits per heavy atom. The van der Waals surface area contributed by atoms with Gasteiger partial charge < -0.3 is 5.11 Å². The highest BCUT2D eigenvalue weighted by Gasteiger charge is 2.08. The van der Waals surface area contributed by atoms with E-state index in [1.54, 1.807) is 23.9 Å². The first-order chi connectivity index (χ1) is 9.63. The average Bonchev–Trinajstić information content (AvgIpc) is 2.48. The lowest BCUT2D eigenvalue weighted by Gasteiger charge is -2.09. The first-order valence-electron chi connectivity index (χ1n) is 6.77. The topological polar surface area (TPSA) is 37.3 Å². The third kappa shape index (κ3) is 3.42. The van der Waals surface area contributed by atoms with Crippen LogP contribution in [0, 0.1) is 0 Å². The third-order valence-corrected chi connectivity index (χ3v) is 4.37. The Morgan fingerprint density at radius 1 is 1.05 bits per heavy atom. The molecule has 0 atom stereocenters. The summed E-state index contributed by atoms with van der Waals surface area (Å²) in [5.74, 6) is -0.872. The van der Waals surface area contributed by atoms with E-state index < -0.39 is 5.97 Å². The monoisotopic (exact) mass is 286 g/mol. The quantitative estimate of drug-likeness (QED) is 0.868. The SMILES string of the molecule is CCc1ccc(Sc2ccc(C(=O)O)cc2CC)cc1. The Morgan fingerprint density at radius 3 is 2.30 bits per heavy atom. The molecule has 0 heterocycles. The number of rotatable bonds is 5. The van der Waals surface area contributed by atoms with Crippen molar-refractivity contribution in [3.8, 4) is 0 Å². The van der Waals surface area contributed by atoms with Crippen molar-refractivity contribution in [3.63, 3.8) is 0 Å². The van der Waals surface area contributed by atoms with Crippen LogP contribution in [0.4, 0.5) is 0 Å². The summed E-state index contributed by atoms with van der Waals surface area (Å²) in [6.45, 7) is 4.19. The summed E-state index contributed by atoms with van der Waals surface area (Å²) in [7, 11) is 0. The zero-order valence-corrected chi connectivity index (χ0v) is 12.5. The number of carbonyl (C=O) groups is 1. The molecule has 0 saturated carbocycles. The van der Waals surface area contributed by atoms with E-state index in [-0.39, 0.29) is 0 Å². The summed E-state index contributed by atoms with van der Waals surface area (Å²) in [5.41, 5.74) is 2.76. The van der Waals surface area contributed by atoms with Crippen LogP contribution in [0.3, 0.4) is 0 Å². The number of aromatic carboxylic acids is 1. The average molecular weight is 286 g/mol. The molecule has 0 aliphatic carbocycles. The van der Waals surface area contributed by atoms with E-state index in [1.807, 2.05) is 13.0 Å². The summed E-state index contributed by atoms with van der Waals surface area (Å²) in [6.07, 6.45) is 1.87. The number of carboxylic acids is 1. The molecule has 0 aromatic heterocycles. The van der Waals surface area contributed by atoms with Gasteiger partial charge in [0.05, 0.1) is 5.56 Å². The van der Waals surface area contributed by atoms with Crippen LogP contribution in [0.5, 0.6) is 0 Å². The first kappa shape index (κ1) is 14.7. The lowest BCUT2D eigenvalue weighted by molar-refractivity contribution is 0.0696. The molecular weight excluding hydrogens is 268 g/mol. The fourth-order valence-electron chi connectivity index (χ4n) is 2.01. The van der Waals surface area contributed by atoms with Crippen LogP contribution in [-0.4, -0.2) is 11.1 Å². The van der Waals surface area contributed by atoms with Crippen LogP contribution >= 0.6 is 11.8 Å². The molecule has 0 aliphatic rings. The molecule has 0 aliphatic heterocycles. The minimum Gasteiger partial charge on any atom is -0.478 e. The van der Waals surface area contributed by atoms with Gasteiger partial charge in [-0.05, 0) is 54.3 Å². The Kier molecular flexibility index (Phi) is 4.85. The van der Waals surface area contributed by atoms with Crippen LogP contribution in [0.2, 0.25) is 0 Å². The van der Waals surface area contributed by atoms with E-state index >= 15 is 0 Å². The standard InChI is InChI=1S/C17H18O2S/c1-3-12-5-8-15(9-6-12)20-16-10-7-14(17(18)19)11-13(16)4-2/h5-11H,3-4H2,1-2H3,(H,18,19). The molecule has 0 saturated heterocycles. The van der Waals surface area contributed by atoms with Crippen molar-refractivity contribution in [2.75, 3.05) is 0 Å². The molecular formula is C17H18O2S. The molecule has 0 spiro atoms. The van der Waals surface area contributed by atoms with Gasteiger partial charge in [0.15, 0.2) is 0 Å². The predicted octanol–water partition coefficient (Wildman–Crippen LogP) is 4.66. The normalized spacial score (nSPS) is 10.5. The van der Waals surface area contributed by atoms with E-state index in [0.29, 0.717) is 5.56 Å². The highest BCUT2D eigenvalue weighted by atomic mass is 32.2. The van der Waals surface area contributed by atoms with Gasteiger partial charge in [-0.15, -0.1) is 0 Å². The molecule has 1 N–H and O–H groups in total. The second kappa shape index (κ2) is 6.62. The Balaban J connectivity index is 2.25. The van der Waals surface area contributed by atoms with Gasteiger partial charge in [-0.2, -0.15) is 0 Å². The maximum Gasteiger partial charge on any atom is 0.335 e. The van der Waals surface area contributed by atoms with E-state index in [2.05, 4.69) is 31.2 Å². The molecule has 20 heavy (non-hydrogen) atoms. The molecule has 2 nitrogen and oxygen atoms in total. The summed E-state index contributed by atoms with van der Waals surface area (Å²) >= 11 is 1.69. The summed E-state index contributed by atoms with van der Waals surface area (Å²) in [6, 6.07) is 13.9.